The number of hydrogen-bond donors (Lipinski definition) is 2. The van der Waals surface area contributed by atoms with Crippen molar-refractivity contribution in [2.75, 3.05) is 0 Å². The smallest absolute Gasteiger partial charge is 0.369 e. The number of alkyl halides is 3. The summed E-state index contributed by atoms with van der Waals surface area (Å²) in [5, 5.41) is 2.51. The molecule has 0 bridgehead atoms. The predicted octanol–water partition coefficient (Wildman–Crippen LogP) is 4.40. The average molecular weight is 532 g/mol. The van der Waals surface area contributed by atoms with E-state index in [-0.39, 0.29) is 18.8 Å². The van der Waals surface area contributed by atoms with Crippen LogP contribution in [0.25, 0.3) is 0 Å². The molecular formula is C28H29F4N3O3. The maximum absolute atomic E-state index is 13.6. The van der Waals surface area contributed by atoms with E-state index in [1.165, 1.54) is 24.3 Å². The van der Waals surface area contributed by atoms with Crippen molar-refractivity contribution >= 4 is 23.3 Å². The van der Waals surface area contributed by atoms with Crippen LogP contribution in [-0.4, -0.2) is 35.7 Å². The lowest BCUT2D eigenvalue weighted by Crippen LogP contribution is -2.47. The lowest BCUT2D eigenvalue weighted by atomic mass is 9.83. The molecule has 0 radical (unpaired) electrons. The van der Waals surface area contributed by atoms with Gasteiger partial charge in [-0.05, 0) is 61.1 Å². The van der Waals surface area contributed by atoms with Gasteiger partial charge in [0.05, 0.1) is 5.71 Å². The second kappa shape index (κ2) is 11.0. The Morgan fingerprint density at radius 1 is 1.11 bits per heavy atom. The molecule has 3 N–H and O–H groups in total. The maximum Gasteiger partial charge on any atom is 0.389 e. The number of halogens is 4. The largest absolute Gasteiger partial charge is 0.389 e. The van der Waals surface area contributed by atoms with E-state index in [4.69, 9.17) is 5.73 Å². The second-order valence-corrected chi connectivity index (χ2v) is 10.1. The first-order valence-electron chi connectivity index (χ1n) is 12.5. The van der Waals surface area contributed by atoms with Crippen molar-refractivity contribution in [1.82, 2.24) is 5.32 Å². The van der Waals surface area contributed by atoms with Crippen LogP contribution in [0.5, 0.6) is 0 Å². The zero-order valence-corrected chi connectivity index (χ0v) is 20.9. The molecular weight excluding hydrogens is 502 g/mol. The van der Waals surface area contributed by atoms with Gasteiger partial charge in [0.25, 0.3) is 0 Å². The predicted molar refractivity (Wildman–Crippen MR) is 133 cm³/mol. The molecule has 3 atom stereocenters. The fourth-order valence-corrected chi connectivity index (χ4v) is 4.92. The molecule has 4 rings (SSSR count). The van der Waals surface area contributed by atoms with Crippen LogP contribution in [0.3, 0.4) is 0 Å². The number of amides is 2. The van der Waals surface area contributed by atoms with E-state index in [1.54, 1.807) is 12.1 Å². The van der Waals surface area contributed by atoms with Gasteiger partial charge in [0.2, 0.25) is 11.8 Å². The number of benzene rings is 2. The molecule has 0 aromatic heterocycles. The first-order valence-corrected chi connectivity index (χ1v) is 12.5. The van der Waals surface area contributed by atoms with Gasteiger partial charge in [-0.2, -0.15) is 13.2 Å². The third kappa shape index (κ3) is 6.65. The number of fused-ring (bicyclic) bond motifs is 1. The van der Waals surface area contributed by atoms with Gasteiger partial charge < -0.3 is 11.1 Å². The van der Waals surface area contributed by atoms with Crippen molar-refractivity contribution < 1.29 is 31.9 Å². The first kappa shape index (κ1) is 27.5. The van der Waals surface area contributed by atoms with Crippen LogP contribution in [-0.2, 0) is 20.8 Å². The average Bonchev–Trinajstić information content (AvgIpc) is 3.67. The molecule has 1 fully saturated rings. The molecule has 1 aliphatic carbocycles. The van der Waals surface area contributed by atoms with Crippen LogP contribution in [0.1, 0.15) is 54.4 Å². The van der Waals surface area contributed by atoms with Crippen molar-refractivity contribution in [2.24, 2.45) is 28.5 Å². The fraction of sp³-hybridized carbons (Fsp3) is 0.429. The number of aryl methyl sites for hydroxylation is 1. The summed E-state index contributed by atoms with van der Waals surface area (Å²) >= 11 is 0. The molecule has 10 heteroatoms. The summed E-state index contributed by atoms with van der Waals surface area (Å²) in [6.45, 7) is 1.83. The Balaban J connectivity index is 1.69. The highest BCUT2D eigenvalue weighted by Gasteiger charge is 2.41. The van der Waals surface area contributed by atoms with E-state index in [0.29, 0.717) is 22.4 Å². The van der Waals surface area contributed by atoms with Crippen LogP contribution in [0.4, 0.5) is 17.6 Å². The van der Waals surface area contributed by atoms with Crippen LogP contribution < -0.4 is 11.1 Å². The van der Waals surface area contributed by atoms with E-state index in [1.807, 2.05) is 13.0 Å². The minimum Gasteiger partial charge on any atom is -0.369 e. The second-order valence-electron chi connectivity index (χ2n) is 10.1. The molecule has 2 amide bonds. The fourth-order valence-electron chi connectivity index (χ4n) is 4.92. The number of hydrogen-bond acceptors (Lipinski definition) is 4. The number of carbonyl (C=O) groups excluding carboxylic acids is 3. The molecule has 2 aliphatic rings. The van der Waals surface area contributed by atoms with Gasteiger partial charge in [0.1, 0.15) is 5.82 Å². The van der Waals surface area contributed by atoms with Crippen molar-refractivity contribution in [3.63, 3.8) is 0 Å². The molecule has 1 saturated carbocycles. The number of primary amides is 1. The standard InChI is InChI=1S/C28H29F4N3O3/c1-15-3-2-4-19-21(15)14-23(36)26(34-24(19)17-7-9-18(29)10-8-17)35-27(38)20(11-12-28(30,31)32)22(25(33)37)13-16-5-6-16/h2-4,7-10,16,20,22,26H,5-6,11-14H2,1H3,(H2,33,37)(H,35,38)/t20-,22+,26-/m1/s1. The monoisotopic (exact) mass is 531 g/mol. The lowest BCUT2D eigenvalue weighted by Gasteiger charge is -2.26. The minimum absolute atomic E-state index is 0.0737. The Bertz CT molecular complexity index is 1250. The number of aliphatic imine (C=N–C) groups is 1. The molecule has 0 saturated heterocycles. The van der Waals surface area contributed by atoms with Crippen molar-refractivity contribution in [1.29, 1.82) is 0 Å². The number of carbonyl (C=O) groups is 3. The van der Waals surface area contributed by atoms with Crippen LogP contribution >= 0.6 is 0 Å². The Hall–Kier alpha value is -3.56. The molecule has 0 unspecified atom stereocenters. The van der Waals surface area contributed by atoms with Crippen LogP contribution in [0.15, 0.2) is 47.5 Å². The summed E-state index contributed by atoms with van der Waals surface area (Å²) in [5.74, 6) is -4.96. The lowest BCUT2D eigenvalue weighted by molar-refractivity contribution is -0.146. The Morgan fingerprint density at radius 2 is 1.79 bits per heavy atom. The van der Waals surface area contributed by atoms with Crippen LogP contribution in [0, 0.1) is 30.5 Å². The number of rotatable bonds is 9. The summed E-state index contributed by atoms with van der Waals surface area (Å²) in [4.78, 5) is 43.4. The number of Topliss-reactive ketones (excluding diaryl/α,β-unsaturated/α-hetero) is 1. The topological polar surface area (TPSA) is 102 Å². The molecule has 1 aliphatic heterocycles. The van der Waals surface area contributed by atoms with Gasteiger partial charge >= 0.3 is 6.18 Å². The molecule has 202 valence electrons. The van der Waals surface area contributed by atoms with Crippen molar-refractivity contribution in [3.05, 3.63) is 70.5 Å². The molecule has 2 aromatic rings. The molecule has 2 aromatic carbocycles. The molecule has 0 spiro atoms. The zero-order chi connectivity index (χ0) is 27.6. The summed E-state index contributed by atoms with van der Waals surface area (Å²) in [7, 11) is 0. The number of nitrogens with one attached hydrogen (secondary N) is 1. The van der Waals surface area contributed by atoms with Crippen molar-refractivity contribution in [2.45, 2.75) is 57.8 Å². The van der Waals surface area contributed by atoms with E-state index >= 15 is 0 Å². The normalized spacial score (nSPS) is 19.1. The SMILES string of the molecule is Cc1cccc2c1CC(=O)[C@@H](NC(=O)[C@H](CCC(F)(F)F)[C@H](CC1CC1)C(N)=O)N=C2c1ccc(F)cc1. The van der Waals surface area contributed by atoms with Crippen molar-refractivity contribution in [3.8, 4) is 0 Å². The van der Waals surface area contributed by atoms with Gasteiger partial charge in [-0.3, -0.25) is 19.4 Å². The van der Waals surface area contributed by atoms with Gasteiger partial charge in [0.15, 0.2) is 11.9 Å². The summed E-state index contributed by atoms with van der Waals surface area (Å²) < 4.78 is 52.9. The quantitative estimate of drug-likeness (QED) is 0.469. The molecule has 1 heterocycles. The highest BCUT2D eigenvalue weighted by molar-refractivity contribution is 6.16. The third-order valence-corrected chi connectivity index (χ3v) is 7.19. The Morgan fingerprint density at radius 3 is 2.39 bits per heavy atom. The Kier molecular flexibility index (Phi) is 7.99. The number of ketones is 1. The summed E-state index contributed by atoms with van der Waals surface area (Å²) in [6.07, 6.45) is -6.06. The number of nitrogens with zero attached hydrogens (tertiary/aromatic N) is 1. The van der Waals surface area contributed by atoms with E-state index in [0.717, 1.165) is 18.4 Å². The van der Waals surface area contributed by atoms with E-state index in [9.17, 15) is 31.9 Å². The zero-order valence-electron chi connectivity index (χ0n) is 20.9. The summed E-state index contributed by atoms with van der Waals surface area (Å²) in [6, 6.07) is 10.9. The highest BCUT2D eigenvalue weighted by Crippen LogP contribution is 2.39. The van der Waals surface area contributed by atoms with E-state index in [2.05, 4.69) is 10.3 Å². The maximum atomic E-state index is 13.6. The Labute approximate surface area is 217 Å². The third-order valence-electron chi connectivity index (χ3n) is 7.19. The van der Waals surface area contributed by atoms with Gasteiger partial charge in [-0.25, -0.2) is 4.39 Å². The van der Waals surface area contributed by atoms with Gasteiger partial charge in [-0.15, -0.1) is 0 Å². The highest BCUT2D eigenvalue weighted by atomic mass is 19.4. The minimum atomic E-state index is -4.54. The summed E-state index contributed by atoms with van der Waals surface area (Å²) in [5.41, 5.74) is 8.53. The van der Waals surface area contributed by atoms with Gasteiger partial charge in [0, 0.05) is 35.8 Å². The van der Waals surface area contributed by atoms with E-state index < -0.39 is 60.4 Å². The number of nitrogens with two attached hydrogens (primary N) is 1. The molecule has 6 nitrogen and oxygen atoms in total. The first-order chi connectivity index (χ1) is 17.9. The van der Waals surface area contributed by atoms with Gasteiger partial charge in [-0.1, -0.05) is 31.0 Å². The van der Waals surface area contributed by atoms with Crippen LogP contribution in [0.2, 0.25) is 0 Å². The molecule has 38 heavy (non-hydrogen) atoms.